The van der Waals surface area contributed by atoms with Gasteiger partial charge in [-0.05, 0) is 32.6 Å². The second-order valence-corrected chi connectivity index (χ2v) is 3.43. The van der Waals surface area contributed by atoms with Crippen LogP contribution < -0.4 is 5.73 Å². The van der Waals surface area contributed by atoms with Crippen molar-refractivity contribution < 1.29 is 9.47 Å². The van der Waals surface area contributed by atoms with Crippen LogP contribution in [0.15, 0.2) is 0 Å². The Kier molecular flexibility index (Phi) is 9.87. The summed E-state index contributed by atoms with van der Waals surface area (Å²) < 4.78 is 10.3. The van der Waals surface area contributed by atoms with Crippen LogP contribution in [0.3, 0.4) is 0 Å². The molecule has 3 nitrogen and oxygen atoms in total. The monoisotopic (exact) mass is 189 g/mol. The molecule has 0 aromatic carbocycles. The Morgan fingerprint density at radius 2 is 1.77 bits per heavy atom. The summed E-state index contributed by atoms with van der Waals surface area (Å²) in [4.78, 5) is 0. The van der Waals surface area contributed by atoms with Crippen LogP contribution in [0.1, 0.15) is 32.6 Å². The van der Waals surface area contributed by atoms with Crippen LogP contribution in [-0.4, -0.2) is 33.0 Å². The average molecular weight is 189 g/mol. The van der Waals surface area contributed by atoms with E-state index in [0.29, 0.717) is 6.04 Å². The van der Waals surface area contributed by atoms with Crippen LogP contribution in [0.2, 0.25) is 0 Å². The van der Waals surface area contributed by atoms with Gasteiger partial charge >= 0.3 is 0 Å². The lowest BCUT2D eigenvalue weighted by molar-refractivity contribution is 0.100. The molecular formula is C10H23NO2. The summed E-state index contributed by atoms with van der Waals surface area (Å²) in [6.07, 6.45) is 4.38. The van der Waals surface area contributed by atoms with Crippen molar-refractivity contribution >= 4 is 0 Å². The summed E-state index contributed by atoms with van der Waals surface area (Å²) >= 11 is 0. The lowest BCUT2D eigenvalue weighted by Gasteiger charge is -2.05. The number of methoxy groups -OCH3 is 1. The van der Waals surface area contributed by atoms with Crippen molar-refractivity contribution in [2.45, 2.75) is 38.6 Å². The summed E-state index contributed by atoms with van der Waals surface area (Å²) in [7, 11) is 1.71. The predicted molar refractivity (Wildman–Crippen MR) is 54.8 cm³/mol. The molecule has 0 bridgehead atoms. The molecule has 0 rings (SSSR count). The van der Waals surface area contributed by atoms with Crippen LogP contribution in [-0.2, 0) is 9.47 Å². The lowest BCUT2D eigenvalue weighted by atomic mass is 10.1. The summed E-state index contributed by atoms with van der Waals surface area (Å²) in [5.74, 6) is 0. The number of ether oxygens (including phenoxy) is 2. The van der Waals surface area contributed by atoms with Gasteiger partial charge < -0.3 is 15.2 Å². The maximum atomic E-state index is 5.62. The molecule has 0 heterocycles. The highest BCUT2D eigenvalue weighted by Crippen LogP contribution is 1.98. The largest absolute Gasteiger partial charge is 0.385 e. The summed E-state index contributed by atoms with van der Waals surface area (Å²) in [6.45, 7) is 4.50. The first kappa shape index (κ1) is 12.9. The van der Waals surface area contributed by atoms with Gasteiger partial charge in [0.05, 0.1) is 0 Å². The van der Waals surface area contributed by atoms with Crippen molar-refractivity contribution in [2.75, 3.05) is 26.9 Å². The quantitative estimate of drug-likeness (QED) is 0.560. The molecule has 0 aliphatic heterocycles. The molecule has 2 N–H and O–H groups in total. The molecule has 0 fully saturated rings. The van der Waals surface area contributed by atoms with E-state index in [1.165, 1.54) is 6.42 Å². The third-order valence-electron chi connectivity index (χ3n) is 1.84. The highest BCUT2D eigenvalue weighted by molar-refractivity contribution is 4.52. The fourth-order valence-corrected chi connectivity index (χ4v) is 1.08. The molecule has 80 valence electrons. The van der Waals surface area contributed by atoms with Crippen LogP contribution in [0, 0.1) is 0 Å². The van der Waals surface area contributed by atoms with Gasteiger partial charge in [0.2, 0.25) is 0 Å². The molecule has 0 aliphatic carbocycles. The maximum absolute atomic E-state index is 5.62. The van der Waals surface area contributed by atoms with E-state index in [4.69, 9.17) is 15.2 Å². The number of hydrogen-bond donors (Lipinski definition) is 1. The van der Waals surface area contributed by atoms with Crippen molar-refractivity contribution in [1.29, 1.82) is 0 Å². The first-order valence-corrected chi connectivity index (χ1v) is 5.09. The summed E-state index contributed by atoms with van der Waals surface area (Å²) in [5.41, 5.74) is 5.62. The molecule has 0 aromatic heterocycles. The highest BCUT2D eigenvalue weighted by atomic mass is 16.5. The minimum Gasteiger partial charge on any atom is -0.385 e. The molecule has 3 heteroatoms. The zero-order chi connectivity index (χ0) is 9.94. The number of nitrogens with two attached hydrogens (primary N) is 1. The molecule has 13 heavy (non-hydrogen) atoms. The molecular weight excluding hydrogens is 166 g/mol. The first-order chi connectivity index (χ1) is 6.27. The van der Waals surface area contributed by atoms with Gasteiger partial charge in [-0.2, -0.15) is 0 Å². The van der Waals surface area contributed by atoms with Crippen molar-refractivity contribution in [2.24, 2.45) is 5.73 Å². The van der Waals surface area contributed by atoms with Crippen molar-refractivity contribution in [3.05, 3.63) is 0 Å². The van der Waals surface area contributed by atoms with Gasteiger partial charge in [-0.1, -0.05) is 0 Å². The van der Waals surface area contributed by atoms with Gasteiger partial charge in [0.15, 0.2) is 0 Å². The Bertz CT molecular complexity index is 96.9. The van der Waals surface area contributed by atoms with E-state index in [1.54, 1.807) is 7.11 Å². The zero-order valence-electron chi connectivity index (χ0n) is 8.92. The average Bonchev–Trinajstić information content (AvgIpc) is 2.09. The normalized spacial score (nSPS) is 13.2. The minimum absolute atomic E-state index is 0.327. The Hall–Kier alpha value is -0.120. The molecule has 0 saturated heterocycles. The van der Waals surface area contributed by atoms with Gasteiger partial charge in [-0.15, -0.1) is 0 Å². The SMILES string of the molecule is COCCCOCCCCC(C)N. The van der Waals surface area contributed by atoms with E-state index in [2.05, 4.69) is 0 Å². The van der Waals surface area contributed by atoms with Gasteiger partial charge in [0.25, 0.3) is 0 Å². The number of unbranched alkanes of at least 4 members (excludes halogenated alkanes) is 1. The van der Waals surface area contributed by atoms with E-state index in [1.807, 2.05) is 6.92 Å². The molecule has 0 aliphatic rings. The van der Waals surface area contributed by atoms with Crippen molar-refractivity contribution in [1.82, 2.24) is 0 Å². The molecule has 0 saturated carbocycles. The Labute approximate surface area is 81.6 Å². The van der Waals surface area contributed by atoms with E-state index in [0.717, 1.165) is 39.1 Å². The lowest BCUT2D eigenvalue weighted by Crippen LogP contribution is -2.14. The Morgan fingerprint density at radius 3 is 2.38 bits per heavy atom. The molecule has 1 unspecified atom stereocenters. The maximum Gasteiger partial charge on any atom is 0.0487 e. The molecule has 1 atom stereocenters. The van der Waals surface area contributed by atoms with Crippen molar-refractivity contribution in [3.63, 3.8) is 0 Å². The number of hydrogen-bond acceptors (Lipinski definition) is 3. The minimum atomic E-state index is 0.327. The van der Waals surface area contributed by atoms with Crippen LogP contribution in [0.4, 0.5) is 0 Å². The van der Waals surface area contributed by atoms with Gasteiger partial charge in [-0.25, -0.2) is 0 Å². The first-order valence-electron chi connectivity index (χ1n) is 5.09. The van der Waals surface area contributed by atoms with Crippen LogP contribution in [0.25, 0.3) is 0 Å². The number of rotatable bonds is 9. The third kappa shape index (κ3) is 11.9. The zero-order valence-corrected chi connectivity index (χ0v) is 8.92. The predicted octanol–water partition coefficient (Wildman–Crippen LogP) is 1.56. The fraction of sp³-hybridized carbons (Fsp3) is 1.00. The molecule has 0 radical (unpaired) electrons. The van der Waals surface area contributed by atoms with E-state index in [9.17, 15) is 0 Å². The smallest absolute Gasteiger partial charge is 0.0487 e. The van der Waals surface area contributed by atoms with E-state index < -0.39 is 0 Å². The Morgan fingerprint density at radius 1 is 1.08 bits per heavy atom. The van der Waals surface area contributed by atoms with Gasteiger partial charge in [-0.3, -0.25) is 0 Å². The highest BCUT2D eigenvalue weighted by Gasteiger charge is 1.94. The topological polar surface area (TPSA) is 44.5 Å². The summed E-state index contributed by atoms with van der Waals surface area (Å²) in [6, 6.07) is 0.327. The summed E-state index contributed by atoms with van der Waals surface area (Å²) in [5, 5.41) is 0. The molecule has 0 aromatic rings. The van der Waals surface area contributed by atoms with Crippen LogP contribution >= 0.6 is 0 Å². The van der Waals surface area contributed by atoms with Crippen molar-refractivity contribution in [3.8, 4) is 0 Å². The molecule has 0 amide bonds. The Balaban J connectivity index is 2.84. The second-order valence-electron chi connectivity index (χ2n) is 3.43. The van der Waals surface area contributed by atoms with Crippen LogP contribution in [0.5, 0.6) is 0 Å². The fourth-order valence-electron chi connectivity index (χ4n) is 1.08. The van der Waals surface area contributed by atoms with E-state index >= 15 is 0 Å². The standard InChI is InChI=1S/C10H23NO2/c1-10(11)6-3-4-8-13-9-5-7-12-2/h10H,3-9,11H2,1-2H3. The second kappa shape index (κ2) is 9.96. The van der Waals surface area contributed by atoms with Gasteiger partial charge in [0, 0.05) is 33.0 Å². The van der Waals surface area contributed by atoms with E-state index in [-0.39, 0.29) is 0 Å². The third-order valence-corrected chi connectivity index (χ3v) is 1.84. The molecule has 0 spiro atoms. The van der Waals surface area contributed by atoms with Gasteiger partial charge in [0.1, 0.15) is 0 Å².